The van der Waals surface area contributed by atoms with Gasteiger partial charge in [-0.25, -0.2) is 4.98 Å². The van der Waals surface area contributed by atoms with Crippen LogP contribution in [0.3, 0.4) is 0 Å². The number of rotatable bonds is 6. The molecule has 1 aliphatic heterocycles. The van der Waals surface area contributed by atoms with Crippen LogP contribution in [-0.4, -0.2) is 44.2 Å². The second kappa shape index (κ2) is 8.48. The summed E-state index contributed by atoms with van der Waals surface area (Å²) in [7, 11) is 1.64. The number of piperazine rings is 1. The number of carbonyl (C=O) groups excluding carboxylic acids is 1. The van der Waals surface area contributed by atoms with Gasteiger partial charge in [0.1, 0.15) is 11.6 Å². The lowest BCUT2D eigenvalue weighted by molar-refractivity contribution is -0.116. The average molecular weight is 340 g/mol. The van der Waals surface area contributed by atoms with Crippen LogP contribution in [0.2, 0.25) is 0 Å². The van der Waals surface area contributed by atoms with Crippen molar-refractivity contribution in [3.63, 3.8) is 0 Å². The van der Waals surface area contributed by atoms with E-state index in [9.17, 15) is 4.79 Å². The highest BCUT2D eigenvalue weighted by molar-refractivity contribution is 5.89. The van der Waals surface area contributed by atoms with Gasteiger partial charge in [-0.1, -0.05) is 12.1 Å². The van der Waals surface area contributed by atoms with Crippen molar-refractivity contribution in [1.82, 2.24) is 10.3 Å². The molecule has 6 heteroatoms. The minimum atomic E-state index is -0.0294. The molecule has 0 bridgehead atoms. The number of nitrogens with one attached hydrogen (secondary N) is 2. The summed E-state index contributed by atoms with van der Waals surface area (Å²) in [5.41, 5.74) is 2.20. The van der Waals surface area contributed by atoms with Gasteiger partial charge in [-0.3, -0.25) is 4.79 Å². The molecule has 1 fully saturated rings. The summed E-state index contributed by atoms with van der Waals surface area (Å²) in [5, 5.41) is 6.19. The Balaban J connectivity index is 1.48. The van der Waals surface area contributed by atoms with Crippen LogP contribution in [0.15, 0.2) is 42.6 Å². The molecule has 2 heterocycles. The van der Waals surface area contributed by atoms with Crippen molar-refractivity contribution in [2.24, 2.45) is 0 Å². The SMILES string of the molecule is COc1ccc(CCC(=O)Nc2ccc(N3CCNCC3)cn2)cc1. The van der Waals surface area contributed by atoms with Crippen molar-refractivity contribution in [3.05, 3.63) is 48.2 Å². The predicted octanol–water partition coefficient (Wildman–Crippen LogP) is 2.07. The smallest absolute Gasteiger partial charge is 0.225 e. The molecule has 3 rings (SSSR count). The summed E-state index contributed by atoms with van der Waals surface area (Å²) in [6.07, 6.45) is 2.94. The first kappa shape index (κ1) is 17.2. The third-order valence-corrected chi connectivity index (χ3v) is 4.30. The number of ether oxygens (including phenoxy) is 1. The number of methoxy groups -OCH3 is 1. The Morgan fingerprint density at radius 2 is 1.96 bits per heavy atom. The van der Waals surface area contributed by atoms with Crippen LogP contribution in [0.4, 0.5) is 11.5 Å². The number of nitrogens with zero attached hydrogens (tertiary/aromatic N) is 2. The number of benzene rings is 1. The Labute approximate surface area is 148 Å². The molecule has 25 heavy (non-hydrogen) atoms. The number of carbonyl (C=O) groups is 1. The standard InChI is InChI=1S/C19H24N4O2/c1-25-17-6-2-15(3-7-17)4-9-19(24)22-18-8-5-16(14-21-18)23-12-10-20-11-13-23/h2-3,5-8,14,20H,4,9-13H2,1H3,(H,21,22,24). The van der Waals surface area contributed by atoms with Gasteiger partial charge in [-0.15, -0.1) is 0 Å². The molecule has 0 radical (unpaired) electrons. The molecule has 1 aromatic heterocycles. The molecule has 132 valence electrons. The van der Waals surface area contributed by atoms with Crippen LogP contribution >= 0.6 is 0 Å². The molecule has 2 aromatic rings. The Morgan fingerprint density at radius 1 is 1.20 bits per heavy atom. The average Bonchev–Trinajstić information content (AvgIpc) is 2.68. The molecule has 6 nitrogen and oxygen atoms in total. The van der Waals surface area contributed by atoms with Crippen LogP contribution in [-0.2, 0) is 11.2 Å². The maximum atomic E-state index is 12.1. The molecule has 1 aliphatic rings. The lowest BCUT2D eigenvalue weighted by atomic mass is 10.1. The molecule has 0 spiro atoms. The molecule has 1 saturated heterocycles. The minimum Gasteiger partial charge on any atom is -0.497 e. The van der Waals surface area contributed by atoms with Crippen molar-refractivity contribution >= 4 is 17.4 Å². The molecule has 0 unspecified atom stereocenters. The third kappa shape index (κ3) is 4.93. The Morgan fingerprint density at radius 3 is 2.60 bits per heavy atom. The van der Waals surface area contributed by atoms with E-state index in [-0.39, 0.29) is 5.91 Å². The van der Waals surface area contributed by atoms with Crippen LogP contribution in [0.1, 0.15) is 12.0 Å². The number of pyridine rings is 1. The van der Waals surface area contributed by atoms with Crippen molar-refractivity contribution < 1.29 is 9.53 Å². The van der Waals surface area contributed by atoms with Crippen LogP contribution in [0.25, 0.3) is 0 Å². The zero-order valence-corrected chi connectivity index (χ0v) is 14.5. The molecule has 0 aliphatic carbocycles. The number of aryl methyl sites for hydroxylation is 1. The van der Waals surface area contributed by atoms with Crippen LogP contribution in [0, 0.1) is 0 Å². The minimum absolute atomic E-state index is 0.0294. The number of hydrogen-bond donors (Lipinski definition) is 2. The fourth-order valence-corrected chi connectivity index (χ4v) is 2.83. The fourth-order valence-electron chi connectivity index (χ4n) is 2.83. The summed E-state index contributed by atoms with van der Waals surface area (Å²) >= 11 is 0. The van der Waals surface area contributed by atoms with Gasteiger partial charge in [0.15, 0.2) is 0 Å². The highest BCUT2D eigenvalue weighted by Gasteiger charge is 2.11. The fraction of sp³-hybridized carbons (Fsp3) is 0.368. The van der Waals surface area contributed by atoms with Crippen molar-refractivity contribution in [3.8, 4) is 5.75 Å². The van der Waals surface area contributed by atoms with E-state index in [1.165, 1.54) is 0 Å². The molecular weight excluding hydrogens is 316 g/mol. The first-order valence-electron chi connectivity index (χ1n) is 8.59. The van der Waals surface area contributed by atoms with Gasteiger partial charge < -0.3 is 20.3 Å². The number of amides is 1. The van der Waals surface area contributed by atoms with Gasteiger partial charge in [-0.05, 0) is 36.2 Å². The summed E-state index contributed by atoms with van der Waals surface area (Å²) in [5.74, 6) is 1.39. The van der Waals surface area contributed by atoms with Gasteiger partial charge in [0, 0.05) is 32.6 Å². The number of hydrogen-bond acceptors (Lipinski definition) is 5. The van der Waals surface area contributed by atoms with E-state index in [2.05, 4.69) is 20.5 Å². The normalized spacial score (nSPS) is 14.2. The van der Waals surface area contributed by atoms with Crippen molar-refractivity contribution in [2.75, 3.05) is 43.5 Å². The third-order valence-electron chi connectivity index (χ3n) is 4.30. The van der Waals surface area contributed by atoms with Gasteiger partial charge >= 0.3 is 0 Å². The maximum Gasteiger partial charge on any atom is 0.225 e. The molecule has 1 aromatic carbocycles. The lowest BCUT2D eigenvalue weighted by Crippen LogP contribution is -2.43. The quantitative estimate of drug-likeness (QED) is 0.843. The van der Waals surface area contributed by atoms with E-state index in [0.717, 1.165) is 43.2 Å². The second-order valence-electron chi connectivity index (χ2n) is 6.03. The zero-order chi connectivity index (χ0) is 17.5. The topological polar surface area (TPSA) is 66.5 Å². The van der Waals surface area contributed by atoms with Crippen molar-refractivity contribution in [1.29, 1.82) is 0 Å². The monoisotopic (exact) mass is 340 g/mol. The van der Waals surface area contributed by atoms with E-state index in [1.54, 1.807) is 7.11 Å². The zero-order valence-electron chi connectivity index (χ0n) is 14.5. The van der Waals surface area contributed by atoms with Crippen molar-refractivity contribution in [2.45, 2.75) is 12.8 Å². The Kier molecular flexibility index (Phi) is 5.85. The second-order valence-corrected chi connectivity index (χ2v) is 6.03. The van der Waals surface area contributed by atoms with Gasteiger partial charge in [-0.2, -0.15) is 0 Å². The lowest BCUT2D eigenvalue weighted by Gasteiger charge is -2.29. The van der Waals surface area contributed by atoms with Crippen LogP contribution < -0.4 is 20.3 Å². The van der Waals surface area contributed by atoms with Gasteiger partial charge in [0.2, 0.25) is 5.91 Å². The summed E-state index contributed by atoms with van der Waals surface area (Å²) in [6.45, 7) is 3.94. The van der Waals surface area contributed by atoms with E-state index < -0.39 is 0 Å². The molecule has 0 saturated carbocycles. The van der Waals surface area contributed by atoms with E-state index in [4.69, 9.17) is 4.74 Å². The molecular formula is C19H24N4O2. The largest absolute Gasteiger partial charge is 0.497 e. The number of anilines is 2. The highest BCUT2D eigenvalue weighted by atomic mass is 16.5. The van der Waals surface area contributed by atoms with Crippen LogP contribution in [0.5, 0.6) is 5.75 Å². The Bertz CT molecular complexity index is 680. The highest BCUT2D eigenvalue weighted by Crippen LogP contribution is 2.16. The molecule has 0 atom stereocenters. The first-order chi connectivity index (χ1) is 12.2. The summed E-state index contributed by atoms with van der Waals surface area (Å²) < 4.78 is 5.13. The molecule has 2 N–H and O–H groups in total. The maximum absolute atomic E-state index is 12.1. The number of aromatic nitrogens is 1. The first-order valence-corrected chi connectivity index (χ1v) is 8.59. The molecule has 1 amide bonds. The predicted molar refractivity (Wildman–Crippen MR) is 99.3 cm³/mol. The summed E-state index contributed by atoms with van der Waals surface area (Å²) in [6, 6.07) is 11.6. The van der Waals surface area contributed by atoms with Gasteiger partial charge in [0.05, 0.1) is 19.0 Å². The Hall–Kier alpha value is -2.60. The van der Waals surface area contributed by atoms with Gasteiger partial charge in [0.25, 0.3) is 0 Å². The van der Waals surface area contributed by atoms with E-state index in [1.807, 2.05) is 42.6 Å². The van der Waals surface area contributed by atoms with E-state index in [0.29, 0.717) is 18.7 Å². The van der Waals surface area contributed by atoms with E-state index >= 15 is 0 Å². The summed E-state index contributed by atoms with van der Waals surface area (Å²) in [4.78, 5) is 18.8.